The normalized spacial score (nSPS) is 11.5. The van der Waals surface area contributed by atoms with E-state index >= 15 is 0 Å². The van der Waals surface area contributed by atoms with Crippen LogP contribution in [0.3, 0.4) is 0 Å². The first kappa shape index (κ1) is 12.8. The van der Waals surface area contributed by atoms with Gasteiger partial charge in [-0.1, -0.05) is 54.1 Å². The van der Waals surface area contributed by atoms with Gasteiger partial charge in [0.25, 0.3) is 0 Å². The van der Waals surface area contributed by atoms with Crippen LogP contribution in [-0.2, 0) is 0 Å². The van der Waals surface area contributed by atoms with Crippen molar-refractivity contribution in [1.29, 1.82) is 0 Å². The molecule has 0 amide bonds. The largest absolute Gasteiger partial charge is 0.262 e. The molecule has 3 rings (SSSR count). The number of rotatable bonds is 2. The van der Waals surface area contributed by atoms with E-state index in [1.807, 2.05) is 55.5 Å². The Morgan fingerprint density at radius 2 is 1.95 bits per heavy atom. The summed E-state index contributed by atoms with van der Waals surface area (Å²) < 4.78 is 0. The number of aliphatic imine (C=N–C) groups is 1. The lowest BCUT2D eigenvalue weighted by atomic mass is 10.1. The molecule has 1 aromatic heterocycles. The third-order valence-electron chi connectivity index (χ3n) is 3.30. The fraction of sp³-hybridized carbons (Fsp3) is 0.0588. The lowest BCUT2D eigenvalue weighted by Crippen LogP contribution is -1.87. The van der Waals surface area contributed by atoms with Crippen LogP contribution in [-0.4, -0.2) is 11.7 Å². The summed E-state index contributed by atoms with van der Waals surface area (Å²) in [5, 5.41) is 2.57. The topological polar surface area (TPSA) is 25.2 Å². The van der Waals surface area contributed by atoms with Crippen LogP contribution in [0.1, 0.15) is 12.5 Å². The molecule has 0 saturated carbocycles. The second-order valence-corrected chi connectivity index (χ2v) is 4.88. The van der Waals surface area contributed by atoms with Crippen LogP contribution >= 0.6 is 11.6 Å². The number of nitrogens with zero attached hydrogens (tertiary/aromatic N) is 2. The highest BCUT2D eigenvalue weighted by molar-refractivity contribution is 6.40. The van der Waals surface area contributed by atoms with E-state index in [2.05, 4.69) is 11.7 Å². The highest BCUT2D eigenvalue weighted by atomic mass is 35.5. The average Bonchev–Trinajstić information content (AvgIpc) is 2.48. The van der Waals surface area contributed by atoms with Crippen LogP contribution in [0.5, 0.6) is 0 Å². The summed E-state index contributed by atoms with van der Waals surface area (Å²) in [5.74, 6) is 0. The van der Waals surface area contributed by atoms with Crippen LogP contribution in [0.25, 0.3) is 27.9 Å². The third kappa shape index (κ3) is 1.89. The number of para-hydroxylation sites is 1. The number of benzene rings is 2. The summed E-state index contributed by atoms with van der Waals surface area (Å²) in [4.78, 5) is 8.84. The lowest BCUT2D eigenvalue weighted by Gasteiger charge is -2.09. The zero-order valence-corrected chi connectivity index (χ0v) is 11.9. The van der Waals surface area contributed by atoms with Crippen LogP contribution < -0.4 is 0 Å². The molecule has 0 bridgehead atoms. The molecule has 20 heavy (non-hydrogen) atoms. The Morgan fingerprint density at radius 1 is 1.15 bits per heavy atom. The summed E-state index contributed by atoms with van der Waals surface area (Å²) >= 11 is 6.51. The van der Waals surface area contributed by atoms with Crippen molar-refractivity contribution in [3.63, 3.8) is 0 Å². The van der Waals surface area contributed by atoms with Crippen molar-refractivity contribution in [2.45, 2.75) is 6.92 Å². The maximum atomic E-state index is 6.51. The Bertz CT molecular complexity index is 850. The molecular weight excluding hydrogens is 268 g/mol. The van der Waals surface area contributed by atoms with Gasteiger partial charge in [0.1, 0.15) is 0 Å². The number of aromatic nitrogens is 1. The van der Waals surface area contributed by atoms with Crippen LogP contribution in [0.2, 0.25) is 5.02 Å². The summed E-state index contributed by atoms with van der Waals surface area (Å²) in [5.41, 5.74) is 3.42. The molecule has 0 aliphatic heterocycles. The van der Waals surface area contributed by atoms with Crippen molar-refractivity contribution in [1.82, 2.24) is 4.98 Å². The second-order valence-electron chi connectivity index (χ2n) is 4.50. The van der Waals surface area contributed by atoms with E-state index in [0.29, 0.717) is 5.02 Å². The molecule has 2 aromatic carbocycles. The van der Waals surface area contributed by atoms with Gasteiger partial charge in [0.15, 0.2) is 0 Å². The van der Waals surface area contributed by atoms with Gasteiger partial charge < -0.3 is 0 Å². The molecule has 0 radical (unpaired) electrons. The molecule has 0 aliphatic rings. The quantitative estimate of drug-likeness (QED) is 0.455. The molecule has 1 heterocycles. The standard InChI is InChI=1S/C17H13ClN2/c1-3-6-11-9-10-13-15(18)12-7-4-5-8-14(12)20-17(13)16(11)19-2/h3-10H,2H2,1H3/b6-3-. The number of pyridine rings is 1. The highest BCUT2D eigenvalue weighted by Gasteiger charge is 2.11. The van der Waals surface area contributed by atoms with Crippen molar-refractivity contribution in [2.75, 3.05) is 0 Å². The Kier molecular flexibility index (Phi) is 3.25. The maximum Gasteiger partial charge on any atom is 0.0987 e. The van der Waals surface area contributed by atoms with Crippen molar-refractivity contribution in [3.8, 4) is 0 Å². The first-order chi connectivity index (χ1) is 9.76. The minimum Gasteiger partial charge on any atom is -0.262 e. The van der Waals surface area contributed by atoms with Crippen molar-refractivity contribution in [2.24, 2.45) is 4.99 Å². The van der Waals surface area contributed by atoms with E-state index in [9.17, 15) is 0 Å². The number of hydrogen-bond acceptors (Lipinski definition) is 2. The van der Waals surface area contributed by atoms with Gasteiger partial charge in [-0.15, -0.1) is 0 Å². The Hall–Kier alpha value is -2.19. The van der Waals surface area contributed by atoms with Gasteiger partial charge in [-0.25, -0.2) is 4.98 Å². The van der Waals surface area contributed by atoms with Crippen LogP contribution in [0, 0.1) is 0 Å². The van der Waals surface area contributed by atoms with Crippen LogP contribution in [0.4, 0.5) is 5.69 Å². The molecule has 0 fully saturated rings. The van der Waals surface area contributed by atoms with E-state index in [1.165, 1.54) is 0 Å². The second kappa shape index (κ2) is 5.06. The van der Waals surface area contributed by atoms with Crippen molar-refractivity contribution < 1.29 is 0 Å². The predicted molar refractivity (Wildman–Crippen MR) is 88.2 cm³/mol. The molecule has 0 atom stereocenters. The lowest BCUT2D eigenvalue weighted by molar-refractivity contribution is 1.45. The third-order valence-corrected chi connectivity index (χ3v) is 3.70. The molecule has 3 aromatic rings. The molecule has 3 heteroatoms. The minimum atomic E-state index is 0.711. The van der Waals surface area contributed by atoms with E-state index in [0.717, 1.165) is 33.1 Å². The fourth-order valence-corrected chi connectivity index (χ4v) is 2.70. The molecule has 0 aliphatic carbocycles. The zero-order valence-electron chi connectivity index (χ0n) is 11.1. The Balaban J connectivity index is 2.51. The summed E-state index contributed by atoms with van der Waals surface area (Å²) in [6.45, 7) is 5.64. The molecule has 0 unspecified atom stereocenters. The maximum absolute atomic E-state index is 6.51. The fourth-order valence-electron chi connectivity index (χ4n) is 2.39. The van der Waals surface area contributed by atoms with Gasteiger partial charge >= 0.3 is 0 Å². The number of halogens is 1. The van der Waals surface area contributed by atoms with E-state index in [4.69, 9.17) is 16.6 Å². The number of hydrogen-bond donors (Lipinski definition) is 0. The Morgan fingerprint density at radius 3 is 2.70 bits per heavy atom. The van der Waals surface area contributed by atoms with Gasteiger partial charge in [0, 0.05) is 16.3 Å². The van der Waals surface area contributed by atoms with Gasteiger partial charge in [0.05, 0.1) is 21.7 Å². The number of allylic oxidation sites excluding steroid dienone is 1. The monoisotopic (exact) mass is 280 g/mol. The van der Waals surface area contributed by atoms with Crippen LogP contribution in [0.15, 0.2) is 47.5 Å². The summed E-state index contributed by atoms with van der Waals surface area (Å²) in [6, 6.07) is 11.8. The summed E-state index contributed by atoms with van der Waals surface area (Å²) in [6.07, 6.45) is 3.97. The number of fused-ring (bicyclic) bond motifs is 2. The molecule has 0 N–H and O–H groups in total. The summed E-state index contributed by atoms with van der Waals surface area (Å²) in [7, 11) is 0. The van der Waals surface area contributed by atoms with E-state index in [1.54, 1.807) is 0 Å². The van der Waals surface area contributed by atoms with E-state index < -0.39 is 0 Å². The molecule has 0 saturated heterocycles. The SMILES string of the molecule is C=Nc1c(/C=C\C)ccc2c(Cl)c3ccccc3nc12. The Labute approximate surface area is 122 Å². The smallest absolute Gasteiger partial charge is 0.0987 e. The molecule has 98 valence electrons. The van der Waals surface area contributed by atoms with Gasteiger partial charge in [-0.2, -0.15) is 0 Å². The molecular formula is C17H13ClN2. The highest BCUT2D eigenvalue weighted by Crippen LogP contribution is 2.36. The zero-order chi connectivity index (χ0) is 14.1. The molecule has 0 spiro atoms. The van der Waals surface area contributed by atoms with Gasteiger partial charge in [-0.3, -0.25) is 4.99 Å². The molecule has 2 nitrogen and oxygen atoms in total. The minimum absolute atomic E-state index is 0.711. The average molecular weight is 281 g/mol. The first-order valence-electron chi connectivity index (χ1n) is 6.36. The van der Waals surface area contributed by atoms with Gasteiger partial charge in [-0.05, 0) is 19.7 Å². The van der Waals surface area contributed by atoms with Crippen molar-refractivity contribution >= 4 is 51.9 Å². The van der Waals surface area contributed by atoms with Crippen molar-refractivity contribution in [3.05, 3.63) is 53.1 Å². The van der Waals surface area contributed by atoms with Gasteiger partial charge in [0.2, 0.25) is 0 Å². The first-order valence-corrected chi connectivity index (χ1v) is 6.74. The van der Waals surface area contributed by atoms with E-state index in [-0.39, 0.29) is 0 Å². The predicted octanol–water partition coefficient (Wildman–Crippen LogP) is 5.41.